The van der Waals surface area contributed by atoms with E-state index in [2.05, 4.69) is 490 Å². The molecule has 28 rings (SSSR count). The van der Waals surface area contributed by atoms with Gasteiger partial charge < -0.3 is 0 Å². The second-order valence-corrected chi connectivity index (χ2v) is 45.1. The zero-order chi connectivity index (χ0) is 105. The predicted octanol–water partition coefficient (Wildman–Crippen LogP) is 42.4. The van der Waals surface area contributed by atoms with Crippen LogP contribution in [0.2, 0.25) is 0 Å². The van der Waals surface area contributed by atoms with Crippen LogP contribution < -0.4 is 0 Å². The fraction of sp³-hybridized carbons (Fsp3) is 0.120. The highest BCUT2D eigenvalue weighted by molar-refractivity contribution is 6.30. The lowest BCUT2D eigenvalue weighted by Crippen LogP contribution is -2.17. The molecule has 0 nitrogen and oxygen atoms in total. The van der Waals surface area contributed by atoms with Gasteiger partial charge in [0.2, 0.25) is 0 Å². The van der Waals surface area contributed by atoms with Crippen LogP contribution in [0.15, 0.2) is 496 Å². The van der Waals surface area contributed by atoms with Gasteiger partial charge in [0.25, 0.3) is 0 Å². The van der Waals surface area contributed by atoms with Crippen LogP contribution in [0.3, 0.4) is 0 Å². The average molecular weight is 1930 g/mol. The molecule has 3 aliphatic rings. The average Bonchev–Trinajstić information content (AvgIpc) is 0.689. The second-order valence-electron chi connectivity index (χ2n) is 45.1. The van der Waals surface area contributed by atoms with Gasteiger partial charge in [0.1, 0.15) is 0 Å². The van der Waals surface area contributed by atoms with Gasteiger partial charge in [-0.15, -0.1) is 0 Å². The standard InChI is InChI=1S/C42H38.C38H36.C36H24.C34H22/c1-41(2,3)29-21-23-35-37(25-29)39(27-14-8-7-9-15-27)34-22-20-30(42(4,5)6)26-38(34)40(35)36-24-28-16-10-11-17-31(28)32-18-12-13-19-33(32)36;1-37(2,3)29-19-21-32-33(23-29)35(26-13-8-7-9-14-26)31-20-18-30(38(4,5)6)24-34(31)36(32)28-17-16-25-12-10-11-15-27(25)22-28;1-2-9-23(10-3-1)34-27-13-4-6-15-29(27)36(30-16-7-5-14-28(30)34)32-22-20-26-18-17-24-11-8-12-25-19-21-31(32)35(26)33(24)25;1-2-12-23(13-3-1)33-28-18-8-10-20-30(28)34(31-21-11-9-19-29(31)33)32-22-24-14-4-5-15-25(24)26-16-6-7-17-27(26)32/h7-26H,1-6H3;7-24H,1-6H3;1-17,19-22,33H,18H2;1-22H/i;;4D,7D;8D,11D. The molecule has 0 saturated carbocycles. The lowest BCUT2D eigenvalue weighted by atomic mass is 9.69. The number of benzene rings is 25. The summed E-state index contributed by atoms with van der Waals surface area (Å²) in [6.45, 7) is 27.7. The summed E-state index contributed by atoms with van der Waals surface area (Å²) in [5, 5.41) is 31.8. The van der Waals surface area contributed by atoms with Crippen molar-refractivity contribution in [2.24, 2.45) is 0 Å². The van der Waals surface area contributed by atoms with Crippen LogP contribution in [0.1, 0.15) is 133 Å². The number of hydrogen-bond donors (Lipinski definition) is 0. The molecule has 150 heavy (non-hydrogen) atoms. The van der Waals surface area contributed by atoms with Gasteiger partial charge in [0, 0.05) is 5.92 Å². The summed E-state index contributed by atoms with van der Waals surface area (Å²) in [4.78, 5) is 0. The highest BCUT2D eigenvalue weighted by Gasteiger charge is 2.34. The molecule has 0 amide bonds. The number of fused-ring (bicyclic) bond motifs is 15. The first-order chi connectivity index (χ1) is 74.6. The van der Waals surface area contributed by atoms with E-state index in [0.717, 1.165) is 88.5 Å². The normalized spacial score (nSPS) is 13.8. The molecule has 25 aromatic carbocycles. The zero-order valence-electron chi connectivity index (χ0n) is 91.2. The maximum atomic E-state index is 8.57. The van der Waals surface area contributed by atoms with E-state index >= 15 is 0 Å². The SMILES string of the molecule is CC(C)(C)c1ccc2c(-c3cc4ccccc4c4ccccc34)c3cc(C(C)(C)C)ccc3c(-c3ccccc3)c2c1.CC(C)(C)c1ccc2c(-c3ccc4ccccc4c3)c3cc(C(C)(C)C)ccc3c(-c3ccccc3)c2c1.[2H]c1ccc2c(-c3cc4ccccc4c4ccccc34)c3cc([2H])ccc3c(-c3ccccc3)c2c1.[2H]c1ccc2c(-c3ccc4c5c3C=CC3=CC=CC(=CC4)C35)c3cc([2H])ccc3c(-c3ccccc3)c2c1. The van der Waals surface area contributed by atoms with Crippen LogP contribution in [0, 0.1) is 0 Å². The Hall–Kier alpha value is -17.2. The Bertz CT molecular complexity index is 10200. The molecule has 0 fully saturated rings. The molecule has 720 valence electrons. The molecule has 0 spiro atoms. The molecule has 1 unspecified atom stereocenters. The number of allylic oxidation sites excluding steroid dienone is 7. The first-order valence-corrected chi connectivity index (χ1v) is 53.1. The number of hydrogen-bond acceptors (Lipinski definition) is 0. The minimum absolute atomic E-state index is 0.0366. The van der Waals surface area contributed by atoms with E-state index in [1.165, 1.54) is 197 Å². The van der Waals surface area contributed by atoms with Crippen molar-refractivity contribution in [2.45, 2.75) is 117 Å². The Morgan fingerprint density at radius 3 is 0.920 bits per heavy atom. The minimum atomic E-state index is 0.0366. The second kappa shape index (κ2) is 37.6. The molecule has 0 heterocycles. The maximum Gasteiger partial charge on any atom is 0.0623 e. The molecule has 0 bridgehead atoms. The predicted molar refractivity (Wildman–Crippen MR) is 652 cm³/mol. The van der Waals surface area contributed by atoms with Gasteiger partial charge in [0.05, 0.1) is 5.48 Å². The Labute approximate surface area is 886 Å². The summed E-state index contributed by atoms with van der Waals surface area (Å²) in [6, 6.07) is 157. The van der Waals surface area contributed by atoms with Crippen molar-refractivity contribution >= 4 is 146 Å². The largest absolute Gasteiger partial charge is 0.0759 e. The summed E-state index contributed by atoms with van der Waals surface area (Å²) < 4.78 is 34.1. The van der Waals surface area contributed by atoms with Crippen molar-refractivity contribution in [3.8, 4) is 89.0 Å². The summed E-state index contributed by atoms with van der Waals surface area (Å²) >= 11 is 0. The van der Waals surface area contributed by atoms with Crippen LogP contribution in [-0.4, -0.2) is 0 Å². The van der Waals surface area contributed by atoms with Gasteiger partial charge in [-0.3, -0.25) is 0 Å². The molecule has 0 radical (unpaired) electrons. The van der Waals surface area contributed by atoms with E-state index in [-0.39, 0.29) is 27.6 Å². The summed E-state index contributed by atoms with van der Waals surface area (Å²) in [5.41, 5.74) is 32.0. The fourth-order valence-electron chi connectivity index (χ4n) is 24.4. The minimum Gasteiger partial charge on any atom is -0.0759 e. The lowest BCUT2D eigenvalue weighted by molar-refractivity contribution is 0.590. The van der Waals surface area contributed by atoms with E-state index in [1.807, 2.05) is 60.7 Å². The van der Waals surface area contributed by atoms with Gasteiger partial charge >= 0.3 is 0 Å². The summed E-state index contributed by atoms with van der Waals surface area (Å²) in [5.74, 6) is 0.288. The highest BCUT2D eigenvalue weighted by Crippen LogP contribution is 2.56. The van der Waals surface area contributed by atoms with Gasteiger partial charge in [-0.05, 0) is 350 Å². The Morgan fingerprint density at radius 2 is 0.507 bits per heavy atom. The zero-order valence-corrected chi connectivity index (χ0v) is 87.2. The molecular weight excluding hydrogens is 1800 g/mol. The molecule has 1 atom stereocenters. The van der Waals surface area contributed by atoms with Crippen LogP contribution in [0.4, 0.5) is 0 Å². The first kappa shape index (κ1) is 89.3. The smallest absolute Gasteiger partial charge is 0.0623 e. The lowest BCUT2D eigenvalue weighted by Gasteiger charge is -2.34. The topological polar surface area (TPSA) is 0 Å². The molecule has 3 aliphatic carbocycles. The monoisotopic (exact) mass is 1920 g/mol. The van der Waals surface area contributed by atoms with Gasteiger partial charge in [-0.25, -0.2) is 0 Å². The van der Waals surface area contributed by atoms with E-state index in [0.29, 0.717) is 24.2 Å². The van der Waals surface area contributed by atoms with Crippen LogP contribution >= 0.6 is 0 Å². The van der Waals surface area contributed by atoms with Gasteiger partial charge in [0.15, 0.2) is 0 Å². The maximum absolute atomic E-state index is 8.57. The quantitative estimate of drug-likeness (QED) is 0.105. The highest BCUT2D eigenvalue weighted by atomic mass is 14.4. The van der Waals surface area contributed by atoms with Crippen molar-refractivity contribution in [1.29, 1.82) is 0 Å². The fourth-order valence-corrected chi connectivity index (χ4v) is 24.4. The van der Waals surface area contributed by atoms with E-state index in [9.17, 15) is 0 Å². The van der Waals surface area contributed by atoms with Crippen LogP contribution in [0.5, 0.6) is 0 Å². The van der Waals surface area contributed by atoms with Crippen molar-refractivity contribution in [2.75, 3.05) is 0 Å². The molecule has 0 aromatic heterocycles. The molecule has 0 heteroatoms. The molecular formula is C150H120. The van der Waals surface area contributed by atoms with Gasteiger partial charge in [-0.1, -0.05) is 532 Å². The molecule has 25 aromatic rings. The Kier molecular flexibility index (Phi) is 22.4. The Balaban J connectivity index is 0.000000106. The summed E-state index contributed by atoms with van der Waals surface area (Å²) in [7, 11) is 0. The third kappa shape index (κ3) is 16.7. The molecule has 0 aliphatic heterocycles. The first-order valence-electron chi connectivity index (χ1n) is 55.1. The van der Waals surface area contributed by atoms with Crippen molar-refractivity contribution in [1.82, 2.24) is 0 Å². The van der Waals surface area contributed by atoms with Crippen LogP contribution in [0.25, 0.3) is 235 Å². The summed E-state index contributed by atoms with van der Waals surface area (Å²) in [6.07, 6.45) is 14.6. The van der Waals surface area contributed by atoms with Gasteiger partial charge in [-0.2, -0.15) is 0 Å². The van der Waals surface area contributed by atoms with E-state index in [4.69, 9.17) is 5.48 Å². The molecule has 0 saturated heterocycles. The Morgan fingerprint density at radius 1 is 0.200 bits per heavy atom. The van der Waals surface area contributed by atoms with E-state index in [1.54, 1.807) is 0 Å². The number of rotatable bonds is 8. The van der Waals surface area contributed by atoms with E-state index < -0.39 is 0 Å². The third-order valence-electron chi connectivity index (χ3n) is 31.9. The third-order valence-corrected chi connectivity index (χ3v) is 31.9. The van der Waals surface area contributed by atoms with Crippen molar-refractivity contribution in [3.63, 3.8) is 0 Å². The molecule has 0 N–H and O–H groups in total. The van der Waals surface area contributed by atoms with Crippen LogP contribution in [-0.2, 0) is 28.1 Å². The van der Waals surface area contributed by atoms with Crippen molar-refractivity contribution in [3.05, 3.63) is 535 Å². The van der Waals surface area contributed by atoms with Crippen molar-refractivity contribution < 1.29 is 5.48 Å².